The number of nitrogens with zero attached hydrogens (tertiary/aromatic N) is 2. The van der Waals surface area contributed by atoms with Gasteiger partial charge in [-0.3, -0.25) is 4.68 Å². The van der Waals surface area contributed by atoms with Crippen LogP contribution < -0.4 is 0 Å². The molecule has 0 bridgehead atoms. The van der Waals surface area contributed by atoms with Crippen molar-refractivity contribution in [1.29, 1.82) is 0 Å². The van der Waals surface area contributed by atoms with E-state index in [1.54, 1.807) is 6.20 Å². The zero-order valence-electron chi connectivity index (χ0n) is 9.13. The molecule has 0 amide bonds. The smallest absolute Gasteiger partial charge is 0.0984 e. The van der Waals surface area contributed by atoms with E-state index >= 15 is 0 Å². The Morgan fingerprint density at radius 1 is 1.47 bits per heavy atom. The summed E-state index contributed by atoms with van der Waals surface area (Å²) in [5.74, 6) is 2.35. The highest BCUT2D eigenvalue weighted by atomic mass is 16.3. The molecule has 3 unspecified atom stereocenters. The second-order valence-corrected chi connectivity index (χ2v) is 5.00. The van der Waals surface area contributed by atoms with Gasteiger partial charge in [0.15, 0.2) is 0 Å². The van der Waals surface area contributed by atoms with Crippen LogP contribution in [0.15, 0.2) is 12.3 Å². The molecule has 3 nitrogen and oxygen atoms in total. The number of aryl methyl sites for hydroxylation is 1. The number of aliphatic hydroxyl groups excluding tert-OH is 1. The second-order valence-electron chi connectivity index (χ2n) is 5.00. The van der Waals surface area contributed by atoms with Crippen molar-refractivity contribution < 1.29 is 5.11 Å². The summed E-state index contributed by atoms with van der Waals surface area (Å²) in [7, 11) is 0. The van der Waals surface area contributed by atoms with Crippen molar-refractivity contribution in [3.05, 3.63) is 18.0 Å². The molecule has 0 radical (unpaired) electrons. The molecule has 3 atom stereocenters. The Hall–Kier alpha value is -0.830. The number of aliphatic hydroxyl groups is 1. The largest absolute Gasteiger partial charge is 0.387 e. The Labute approximate surface area is 90.1 Å². The monoisotopic (exact) mass is 206 g/mol. The molecule has 0 aromatic carbocycles. The molecule has 15 heavy (non-hydrogen) atoms. The van der Waals surface area contributed by atoms with Crippen molar-refractivity contribution in [1.82, 2.24) is 9.78 Å². The molecule has 2 saturated carbocycles. The highest BCUT2D eigenvalue weighted by molar-refractivity contribution is 5.09. The molecular weight excluding hydrogens is 188 g/mol. The third kappa shape index (κ3) is 1.49. The van der Waals surface area contributed by atoms with Crippen LogP contribution in [0.4, 0.5) is 0 Å². The minimum absolute atomic E-state index is 0.291. The normalized spacial score (nSPS) is 35.2. The highest BCUT2D eigenvalue weighted by Gasteiger charge is 2.48. The van der Waals surface area contributed by atoms with E-state index in [0.29, 0.717) is 5.92 Å². The predicted octanol–water partition coefficient (Wildman–Crippen LogP) is 1.98. The summed E-state index contributed by atoms with van der Waals surface area (Å²) >= 11 is 0. The van der Waals surface area contributed by atoms with Gasteiger partial charge in [0, 0.05) is 12.7 Å². The van der Waals surface area contributed by atoms with Gasteiger partial charge in [0.2, 0.25) is 0 Å². The molecule has 0 aliphatic heterocycles. The van der Waals surface area contributed by atoms with Gasteiger partial charge >= 0.3 is 0 Å². The van der Waals surface area contributed by atoms with E-state index in [9.17, 15) is 5.11 Å². The van der Waals surface area contributed by atoms with E-state index in [-0.39, 0.29) is 6.10 Å². The van der Waals surface area contributed by atoms with Gasteiger partial charge in [0.25, 0.3) is 0 Å². The number of rotatable bonds is 3. The molecule has 2 aliphatic rings. The van der Waals surface area contributed by atoms with E-state index in [2.05, 4.69) is 12.0 Å². The molecule has 1 heterocycles. The van der Waals surface area contributed by atoms with Crippen molar-refractivity contribution in [2.24, 2.45) is 17.8 Å². The molecule has 1 aromatic rings. The molecule has 1 aromatic heterocycles. The Morgan fingerprint density at radius 3 is 2.87 bits per heavy atom. The van der Waals surface area contributed by atoms with Crippen molar-refractivity contribution in [2.45, 2.75) is 38.8 Å². The van der Waals surface area contributed by atoms with E-state index in [1.807, 2.05) is 10.7 Å². The van der Waals surface area contributed by atoms with Crippen LogP contribution in [-0.2, 0) is 6.54 Å². The maximum absolute atomic E-state index is 10.3. The maximum atomic E-state index is 10.3. The average Bonchev–Trinajstić information content (AvgIpc) is 2.72. The predicted molar refractivity (Wildman–Crippen MR) is 57.2 cm³/mol. The first-order valence-electron chi connectivity index (χ1n) is 5.99. The zero-order valence-corrected chi connectivity index (χ0v) is 9.13. The van der Waals surface area contributed by atoms with Crippen LogP contribution in [0, 0.1) is 17.8 Å². The molecule has 2 fully saturated rings. The Kier molecular flexibility index (Phi) is 2.09. The molecule has 0 spiro atoms. The van der Waals surface area contributed by atoms with Crippen LogP contribution in [-0.4, -0.2) is 14.9 Å². The van der Waals surface area contributed by atoms with Crippen molar-refractivity contribution >= 4 is 0 Å². The van der Waals surface area contributed by atoms with Gasteiger partial charge in [0.1, 0.15) is 0 Å². The summed E-state index contributed by atoms with van der Waals surface area (Å²) in [5.41, 5.74) is 1.00. The summed E-state index contributed by atoms with van der Waals surface area (Å²) in [6.45, 7) is 2.91. The number of fused-ring (bicyclic) bond motifs is 1. The molecule has 0 saturated heterocycles. The minimum atomic E-state index is -0.291. The summed E-state index contributed by atoms with van der Waals surface area (Å²) in [5, 5.41) is 14.5. The molecule has 2 aliphatic carbocycles. The molecule has 3 heteroatoms. The first-order chi connectivity index (χ1) is 7.29. The van der Waals surface area contributed by atoms with Gasteiger partial charge in [-0.15, -0.1) is 0 Å². The third-order valence-corrected chi connectivity index (χ3v) is 4.08. The maximum Gasteiger partial charge on any atom is 0.0984 e. The molecule has 1 N–H and O–H groups in total. The van der Waals surface area contributed by atoms with Gasteiger partial charge in [0.05, 0.1) is 11.8 Å². The molecular formula is C12H18N2O. The topological polar surface area (TPSA) is 38.0 Å². The number of hydrogen-bond acceptors (Lipinski definition) is 2. The lowest BCUT2D eigenvalue weighted by molar-refractivity contribution is 0.0954. The Morgan fingerprint density at radius 2 is 2.20 bits per heavy atom. The van der Waals surface area contributed by atoms with Gasteiger partial charge < -0.3 is 5.11 Å². The fraction of sp³-hybridized carbons (Fsp3) is 0.750. The molecule has 3 rings (SSSR count). The Bertz CT molecular complexity index is 350. The van der Waals surface area contributed by atoms with Crippen LogP contribution in [0.1, 0.15) is 38.0 Å². The fourth-order valence-corrected chi connectivity index (χ4v) is 3.12. The van der Waals surface area contributed by atoms with Crippen molar-refractivity contribution in [2.75, 3.05) is 0 Å². The average molecular weight is 206 g/mol. The van der Waals surface area contributed by atoms with Crippen LogP contribution >= 0.6 is 0 Å². The van der Waals surface area contributed by atoms with E-state index in [0.717, 1.165) is 24.1 Å². The summed E-state index contributed by atoms with van der Waals surface area (Å²) in [4.78, 5) is 0. The standard InChI is InChI=1S/C12H18N2O/c1-2-14-11(3-4-13-14)12(15)10-6-8-5-9(8)7-10/h3-4,8-10,12,15H,2,5-7H2,1H3. The van der Waals surface area contributed by atoms with Gasteiger partial charge in [-0.2, -0.15) is 5.10 Å². The van der Waals surface area contributed by atoms with Gasteiger partial charge in [-0.25, -0.2) is 0 Å². The van der Waals surface area contributed by atoms with Crippen LogP contribution in [0.5, 0.6) is 0 Å². The third-order valence-electron chi connectivity index (χ3n) is 4.08. The highest BCUT2D eigenvalue weighted by Crippen LogP contribution is 2.57. The van der Waals surface area contributed by atoms with Crippen LogP contribution in [0.3, 0.4) is 0 Å². The number of aromatic nitrogens is 2. The van der Waals surface area contributed by atoms with Gasteiger partial charge in [-0.05, 0) is 50.0 Å². The lowest BCUT2D eigenvalue weighted by Gasteiger charge is -2.20. The summed E-state index contributed by atoms with van der Waals surface area (Å²) in [6.07, 6.45) is 5.36. The van der Waals surface area contributed by atoms with Crippen molar-refractivity contribution in [3.63, 3.8) is 0 Å². The zero-order chi connectivity index (χ0) is 10.4. The second kappa shape index (κ2) is 3.34. The number of hydrogen-bond donors (Lipinski definition) is 1. The quantitative estimate of drug-likeness (QED) is 0.821. The Balaban J connectivity index is 1.75. The first-order valence-corrected chi connectivity index (χ1v) is 5.99. The first kappa shape index (κ1) is 9.40. The SMILES string of the molecule is CCn1nccc1C(O)C1CC2CC2C1. The van der Waals surface area contributed by atoms with Crippen LogP contribution in [0.2, 0.25) is 0 Å². The van der Waals surface area contributed by atoms with E-state index in [4.69, 9.17) is 0 Å². The van der Waals surface area contributed by atoms with Gasteiger partial charge in [-0.1, -0.05) is 0 Å². The fourth-order valence-electron chi connectivity index (χ4n) is 3.12. The van der Waals surface area contributed by atoms with Crippen LogP contribution in [0.25, 0.3) is 0 Å². The lowest BCUT2D eigenvalue weighted by atomic mass is 9.94. The summed E-state index contributed by atoms with van der Waals surface area (Å²) in [6, 6.07) is 1.96. The molecule has 82 valence electrons. The van der Waals surface area contributed by atoms with E-state index in [1.165, 1.54) is 19.3 Å². The van der Waals surface area contributed by atoms with E-state index < -0.39 is 0 Å². The lowest BCUT2D eigenvalue weighted by Crippen LogP contribution is -2.15. The summed E-state index contributed by atoms with van der Waals surface area (Å²) < 4.78 is 1.91. The minimum Gasteiger partial charge on any atom is -0.387 e. The van der Waals surface area contributed by atoms with Crippen molar-refractivity contribution in [3.8, 4) is 0 Å².